The summed E-state index contributed by atoms with van der Waals surface area (Å²) in [7, 11) is 0. The van der Waals surface area contributed by atoms with Crippen LogP contribution >= 0.6 is 0 Å². The van der Waals surface area contributed by atoms with Crippen molar-refractivity contribution in [3.05, 3.63) is 12.1 Å². The van der Waals surface area contributed by atoms with Crippen molar-refractivity contribution < 1.29 is 17.9 Å². The molecule has 72 valence electrons. The van der Waals surface area contributed by atoms with Crippen molar-refractivity contribution in [2.24, 2.45) is 0 Å². The number of alkyl halides is 3. The molecule has 0 unspecified atom stereocenters. The van der Waals surface area contributed by atoms with Gasteiger partial charge in [-0.1, -0.05) is 0 Å². The van der Waals surface area contributed by atoms with Crippen molar-refractivity contribution >= 4 is 5.82 Å². The van der Waals surface area contributed by atoms with Crippen molar-refractivity contribution in [3.63, 3.8) is 0 Å². The maximum absolute atomic E-state index is 11.6. The number of hydrogen-bond donors (Lipinski definition) is 1. The van der Waals surface area contributed by atoms with Gasteiger partial charge >= 0.3 is 6.18 Å². The molecule has 0 fully saturated rings. The number of halogens is 3. The Balaban J connectivity index is 2.51. The number of anilines is 1. The fourth-order valence-electron chi connectivity index (χ4n) is 0.563. The van der Waals surface area contributed by atoms with E-state index < -0.39 is 12.8 Å². The van der Waals surface area contributed by atoms with Crippen LogP contribution < -0.4 is 10.5 Å². The van der Waals surface area contributed by atoms with Gasteiger partial charge in [0.05, 0.1) is 0 Å². The van der Waals surface area contributed by atoms with E-state index in [-0.39, 0.29) is 11.7 Å². The Labute approximate surface area is 71.5 Å². The molecular weight excluding hydrogens is 187 g/mol. The molecule has 4 nitrogen and oxygen atoms in total. The first kappa shape index (κ1) is 9.56. The van der Waals surface area contributed by atoms with Crippen LogP contribution in [0.3, 0.4) is 0 Å². The summed E-state index contributed by atoms with van der Waals surface area (Å²) in [5.41, 5.74) is 5.16. The fraction of sp³-hybridized carbons (Fsp3) is 0.333. The van der Waals surface area contributed by atoms with Crippen molar-refractivity contribution in [1.29, 1.82) is 0 Å². The molecule has 0 aliphatic rings. The van der Waals surface area contributed by atoms with Crippen LogP contribution in [0.2, 0.25) is 0 Å². The molecule has 0 radical (unpaired) electrons. The second-order valence-corrected chi connectivity index (χ2v) is 2.20. The number of hydrogen-bond acceptors (Lipinski definition) is 4. The van der Waals surface area contributed by atoms with Gasteiger partial charge in [-0.25, -0.2) is 0 Å². The summed E-state index contributed by atoms with van der Waals surface area (Å²) in [6.45, 7) is -1.38. The van der Waals surface area contributed by atoms with Gasteiger partial charge in [0.2, 0.25) is 5.88 Å². The van der Waals surface area contributed by atoms with E-state index in [1.54, 1.807) is 0 Å². The minimum atomic E-state index is -4.37. The lowest BCUT2D eigenvalue weighted by Gasteiger charge is -2.06. The molecule has 0 spiro atoms. The summed E-state index contributed by atoms with van der Waals surface area (Å²) < 4.78 is 39.1. The fourth-order valence-corrected chi connectivity index (χ4v) is 0.563. The van der Waals surface area contributed by atoms with E-state index in [2.05, 4.69) is 14.9 Å². The molecule has 0 atom stereocenters. The van der Waals surface area contributed by atoms with E-state index in [0.717, 1.165) is 0 Å². The van der Waals surface area contributed by atoms with Crippen LogP contribution in [-0.4, -0.2) is 23.0 Å². The summed E-state index contributed by atoms with van der Waals surface area (Å²) in [4.78, 5) is 0. The van der Waals surface area contributed by atoms with Gasteiger partial charge in [0.25, 0.3) is 0 Å². The van der Waals surface area contributed by atoms with Crippen LogP contribution in [0, 0.1) is 0 Å². The maximum atomic E-state index is 11.6. The first-order valence-corrected chi connectivity index (χ1v) is 3.26. The first-order valence-electron chi connectivity index (χ1n) is 3.26. The third-order valence-corrected chi connectivity index (χ3v) is 1.04. The van der Waals surface area contributed by atoms with Gasteiger partial charge in [0, 0.05) is 6.07 Å². The Morgan fingerprint density at radius 1 is 1.31 bits per heavy atom. The molecule has 2 N–H and O–H groups in total. The van der Waals surface area contributed by atoms with Gasteiger partial charge in [-0.3, -0.25) is 0 Å². The molecule has 1 aromatic rings. The van der Waals surface area contributed by atoms with Crippen molar-refractivity contribution in [3.8, 4) is 5.88 Å². The monoisotopic (exact) mass is 193 g/mol. The lowest BCUT2D eigenvalue weighted by Crippen LogP contribution is -2.19. The molecule has 1 aromatic heterocycles. The third kappa shape index (κ3) is 3.59. The van der Waals surface area contributed by atoms with E-state index in [1.807, 2.05) is 0 Å². The molecule has 13 heavy (non-hydrogen) atoms. The SMILES string of the molecule is Nc1ccc(OCC(F)(F)F)nn1. The van der Waals surface area contributed by atoms with Gasteiger partial charge in [-0.05, 0) is 6.07 Å². The predicted molar refractivity (Wildman–Crippen MR) is 38.0 cm³/mol. The van der Waals surface area contributed by atoms with Gasteiger partial charge in [-0.2, -0.15) is 13.2 Å². The molecule has 0 saturated heterocycles. The number of nitrogen functional groups attached to an aromatic ring is 1. The second kappa shape index (κ2) is 3.46. The van der Waals surface area contributed by atoms with Crippen LogP contribution in [0.5, 0.6) is 5.88 Å². The molecule has 0 aliphatic heterocycles. The van der Waals surface area contributed by atoms with Gasteiger partial charge in [0.1, 0.15) is 5.82 Å². The largest absolute Gasteiger partial charge is 0.467 e. The van der Waals surface area contributed by atoms with E-state index in [4.69, 9.17) is 5.73 Å². The van der Waals surface area contributed by atoms with Crippen molar-refractivity contribution in [2.45, 2.75) is 6.18 Å². The van der Waals surface area contributed by atoms with E-state index in [9.17, 15) is 13.2 Å². The minimum Gasteiger partial charge on any atom is -0.467 e. The zero-order valence-electron chi connectivity index (χ0n) is 6.38. The van der Waals surface area contributed by atoms with Crippen LogP contribution in [-0.2, 0) is 0 Å². The molecule has 0 saturated carbocycles. The normalized spacial score (nSPS) is 11.3. The Kier molecular flexibility index (Phi) is 2.54. The molecule has 0 aromatic carbocycles. The molecular formula is C6H6F3N3O. The summed E-state index contributed by atoms with van der Waals surface area (Å²) in [5.74, 6) is -0.0779. The number of ether oxygens (including phenoxy) is 1. The highest BCUT2D eigenvalue weighted by molar-refractivity contribution is 5.27. The first-order chi connectivity index (χ1) is 5.97. The van der Waals surface area contributed by atoms with E-state index >= 15 is 0 Å². The minimum absolute atomic E-state index is 0.124. The van der Waals surface area contributed by atoms with Gasteiger partial charge < -0.3 is 10.5 Å². The standard InChI is InChI=1S/C6H6F3N3O/c7-6(8,9)3-13-5-2-1-4(10)11-12-5/h1-2H,3H2,(H2,10,11). The highest BCUT2D eigenvalue weighted by atomic mass is 19.4. The average molecular weight is 193 g/mol. The smallest absolute Gasteiger partial charge is 0.422 e. The Morgan fingerprint density at radius 3 is 2.46 bits per heavy atom. The Morgan fingerprint density at radius 2 is 2.00 bits per heavy atom. The zero-order chi connectivity index (χ0) is 9.90. The van der Waals surface area contributed by atoms with E-state index in [0.29, 0.717) is 0 Å². The predicted octanol–water partition coefficient (Wildman–Crippen LogP) is 1.000. The van der Waals surface area contributed by atoms with Crippen LogP contribution in [0.25, 0.3) is 0 Å². The second-order valence-electron chi connectivity index (χ2n) is 2.20. The Hall–Kier alpha value is -1.53. The highest BCUT2D eigenvalue weighted by Crippen LogP contribution is 2.16. The average Bonchev–Trinajstić information content (AvgIpc) is 2.02. The quantitative estimate of drug-likeness (QED) is 0.761. The summed E-state index contributed by atoms with van der Waals surface area (Å²) in [6, 6.07) is 2.52. The molecule has 0 amide bonds. The third-order valence-electron chi connectivity index (χ3n) is 1.04. The summed E-state index contributed by atoms with van der Waals surface area (Å²) in [5, 5.41) is 6.60. The number of nitrogens with two attached hydrogens (primary N) is 1. The molecule has 7 heteroatoms. The van der Waals surface area contributed by atoms with Crippen molar-refractivity contribution in [2.75, 3.05) is 12.3 Å². The number of nitrogens with zero attached hydrogens (tertiary/aromatic N) is 2. The number of rotatable bonds is 2. The van der Waals surface area contributed by atoms with Crippen LogP contribution in [0.1, 0.15) is 0 Å². The topological polar surface area (TPSA) is 61.0 Å². The number of aromatic nitrogens is 2. The maximum Gasteiger partial charge on any atom is 0.422 e. The lowest BCUT2D eigenvalue weighted by molar-refractivity contribution is -0.154. The van der Waals surface area contributed by atoms with Crippen LogP contribution in [0.4, 0.5) is 19.0 Å². The Bertz CT molecular complexity index is 271. The van der Waals surface area contributed by atoms with Gasteiger partial charge in [-0.15, -0.1) is 10.2 Å². The van der Waals surface area contributed by atoms with Crippen molar-refractivity contribution in [1.82, 2.24) is 10.2 Å². The molecule has 0 bridgehead atoms. The van der Waals surface area contributed by atoms with Crippen LogP contribution in [0.15, 0.2) is 12.1 Å². The molecule has 1 heterocycles. The summed E-state index contributed by atoms with van der Waals surface area (Å²) >= 11 is 0. The highest BCUT2D eigenvalue weighted by Gasteiger charge is 2.28. The lowest BCUT2D eigenvalue weighted by atomic mass is 10.5. The zero-order valence-corrected chi connectivity index (χ0v) is 6.38. The molecule has 1 rings (SSSR count). The summed E-state index contributed by atoms with van der Waals surface area (Å²) in [6.07, 6.45) is -4.37. The molecule has 0 aliphatic carbocycles. The van der Waals surface area contributed by atoms with E-state index in [1.165, 1.54) is 12.1 Å². The van der Waals surface area contributed by atoms with Gasteiger partial charge in [0.15, 0.2) is 6.61 Å².